The summed E-state index contributed by atoms with van der Waals surface area (Å²) in [5.41, 5.74) is -0.0416. The number of aromatic nitrogens is 1. The fourth-order valence-electron chi connectivity index (χ4n) is 4.63. The number of hydrogen-bond acceptors (Lipinski definition) is 4. The van der Waals surface area contributed by atoms with Gasteiger partial charge in [0.1, 0.15) is 5.76 Å². The Morgan fingerprint density at radius 3 is 2.65 bits per heavy atom. The van der Waals surface area contributed by atoms with Crippen LogP contribution in [-0.4, -0.2) is 52.8 Å². The first-order valence-electron chi connectivity index (χ1n) is 9.96. The molecule has 4 rings (SSSR count). The first kappa shape index (κ1) is 17.6. The molecule has 2 aliphatic carbocycles. The summed E-state index contributed by atoms with van der Waals surface area (Å²) in [7, 11) is 1.85. The van der Waals surface area contributed by atoms with Gasteiger partial charge in [0.2, 0.25) is 11.8 Å². The zero-order valence-corrected chi connectivity index (χ0v) is 15.9. The van der Waals surface area contributed by atoms with Gasteiger partial charge in [-0.05, 0) is 44.4 Å². The molecule has 0 aromatic carbocycles. The lowest BCUT2D eigenvalue weighted by atomic mass is 9.72. The third-order valence-electron chi connectivity index (χ3n) is 6.72. The number of nitrogens with zero attached hydrogens (tertiary/aromatic N) is 3. The number of carbonyl (C=O) groups is 2. The molecule has 1 aliphatic heterocycles. The summed E-state index contributed by atoms with van der Waals surface area (Å²) in [6, 6.07) is 0.0985. The molecule has 1 unspecified atom stereocenters. The molecule has 2 saturated carbocycles. The third kappa shape index (κ3) is 3.14. The molecule has 142 valence electrons. The number of carbonyl (C=O) groups excluding carboxylic acids is 2. The van der Waals surface area contributed by atoms with Crippen molar-refractivity contribution in [3.05, 3.63) is 17.8 Å². The second-order valence-corrected chi connectivity index (χ2v) is 8.36. The van der Waals surface area contributed by atoms with Crippen LogP contribution in [0.1, 0.15) is 56.6 Å². The van der Waals surface area contributed by atoms with Gasteiger partial charge in [-0.3, -0.25) is 9.59 Å². The Morgan fingerprint density at radius 1 is 1.31 bits per heavy atom. The van der Waals surface area contributed by atoms with E-state index in [9.17, 15) is 9.59 Å². The van der Waals surface area contributed by atoms with Gasteiger partial charge in [0.25, 0.3) is 0 Å². The molecule has 3 aliphatic rings. The van der Waals surface area contributed by atoms with Crippen molar-refractivity contribution in [2.24, 2.45) is 11.3 Å². The summed E-state index contributed by atoms with van der Waals surface area (Å²) in [6.07, 6.45) is 9.63. The van der Waals surface area contributed by atoms with E-state index in [-0.39, 0.29) is 23.8 Å². The molecule has 1 aromatic heterocycles. The van der Waals surface area contributed by atoms with E-state index in [2.05, 4.69) is 4.98 Å². The highest BCUT2D eigenvalue weighted by Crippen LogP contribution is 2.59. The molecular formula is C20H29N3O3. The number of oxazole rings is 1. The number of rotatable bonds is 5. The van der Waals surface area contributed by atoms with Crippen LogP contribution >= 0.6 is 0 Å². The molecule has 2 heterocycles. The fraction of sp³-hybridized carbons (Fsp3) is 0.750. The Kier molecular flexibility index (Phi) is 4.53. The minimum atomic E-state index is -0.0416. The van der Waals surface area contributed by atoms with Crippen LogP contribution in [0.2, 0.25) is 0 Å². The molecule has 6 heteroatoms. The maximum atomic E-state index is 13.1. The van der Waals surface area contributed by atoms with E-state index in [4.69, 9.17) is 4.42 Å². The first-order chi connectivity index (χ1) is 12.5. The highest BCUT2D eigenvalue weighted by Gasteiger charge is 2.58. The van der Waals surface area contributed by atoms with Crippen molar-refractivity contribution < 1.29 is 14.0 Å². The van der Waals surface area contributed by atoms with Gasteiger partial charge in [-0.15, -0.1) is 0 Å². The zero-order valence-electron chi connectivity index (χ0n) is 15.9. The van der Waals surface area contributed by atoms with Crippen molar-refractivity contribution in [3.8, 4) is 0 Å². The number of piperidine rings is 1. The highest BCUT2D eigenvalue weighted by molar-refractivity contribution is 5.86. The number of likely N-dealkylation sites (N-methyl/N-ethyl adjacent to an activating group) is 1. The largest absolute Gasteiger partial charge is 0.446 e. The zero-order chi connectivity index (χ0) is 18.3. The van der Waals surface area contributed by atoms with Crippen molar-refractivity contribution in [2.45, 2.75) is 64.3 Å². The van der Waals surface area contributed by atoms with Crippen molar-refractivity contribution in [3.63, 3.8) is 0 Å². The molecule has 26 heavy (non-hydrogen) atoms. The number of aryl methyl sites for hydroxylation is 1. The maximum absolute atomic E-state index is 13.1. The van der Waals surface area contributed by atoms with Crippen LogP contribution in [0.25, 0.3) is 0 Å². The van der Waals surface area contributed by atoms with Crippen molar-refractivity contribution >= 4 is 11.8 Å². The van der Waals surface area contributed by atoms with Crippen LogP contribution in [0.5, 0.6) is 0 Å². The van der Waals surface area contributed by atoms with Gasteiger partial charge in [0.15, 0.2) is 5.89 Å². The molecule has 1 saturated heterocycles. The second kappa shape index (κ2) is 6.71. The topological polar surface area (TPSA) is 66.7 Å². The highest BCUT2D eigenvalue weighted by atomic mass is 16.4. The van der Waals surface area contributed by atoms with Gasteiger partial charge in [0.05, 0.1) is 18.0 Å². The molecular weight excluding hydrogens is 330 g/mol. The molecule has 0 bridgehead atoms. The summed E-state index contributed by atoms with van der Waals surface area (Å²) in [6.45, 7) is 3.29. The van der Waals surface area contributed by atoms with Gasteiger partial charge in [-0.1, -0.05) is 6.42 Å². The smallest absolute Gasteiger partial charge is 0.230 e. The van der Waals surface area contributed by atoms with E-state index in [1.807, 2.05) is 11.9 Å². The molecule has 1 atom stereocenters. The molecule has 1 aromatic rings. The fourth-order valence-corrected chi connectivity index (χ4v) is 4.63. The average Bonchev–Trinajstić information content (AvgIpc) is 3.27. The number of hydrogen-bond donors (Lipinski definition) is 0. The van der Waals surface area contributed by atoms with Gasteiger partial charge in [0, 0.05) is 33.1 Å². The van der Waals surface area contributed by atoms with Crippen LogP contribution in [0.3, 0.4) is 0 Å². The molecule has 2 amide bonds. The van der Waals surface area contributed by atoms with Crippen molar-refractivity contribution in [1.82, 2.24) is 14.8 Å². The summed E-state index contributed by atoms with van der Waals surface area (Å²) in [4.78, 5) is 33.7. The van der Waals surface area contributed by atoms with Gasteiger partial charge >= 0.3 is 0 Å². The van der Waals surface area contributed by atoms with Gasteiger partial charge in [-0.25, -0.2) is 4.98 Å². The predicted octanol–water partition coefficient (Wildman–Crippen LogP) is 2.56. The van der Waals surface area contributed by atoms with Crippen LogP contribution in [0.15, 0.2) is 10.6 Å². The van der Waals surface area contributed by atoms with Crippen LogP contribution < -0.4 is 0 Å². The minimum absolute atomic E-state index is 0.0283. The minimum Gasteiger partial charge on any atom is -0.446 e. The van der Waals surface area contributed by atoms with Gasteiger partial charge in [-0.2, -0.15) is 0 Å². The maximum Gasteiger partial charge on any atom is 0.230 e. The third-order valence-corrected chi connectivity index (χ3v) is 6.72. The van der Waals surface area contributed by atoms with E-state index < -0.39 is 0 Å². The van der Waals surface area contributed by atoms with Gasteiger partial charge < -0.3 is 14.2 Å². The Balaban J connectivity index is 1.36. The average molecular weight is 359 g/mol. The van der Waals surface area contributed by atoms with Crippen molar-refractivity contribution in [1.29, 1.82) is 0 Å². The molecule has 0 radical (unpaired) electrons. The monoisotopic (exact) mass is 359 g/mol. The predicted molar refractivity (Wildman–Crippen MR) is 96.3 cm³/mol. The standard InChI is InChI=1S/C20H29N3O3/c1-14-21-12-17(26-14)11-18(24)22(2)16-7-4-10-23(13-16)19(25)20(8-9-20)15-5-3-6-15/h12,15-16H,3-11,13H2,1-2H3. The summed E-state index contributed by atoms with van der Waals surface area (Å²) >= 11 is 0. The van der Waals surface area contributed by atoms with E-state index in [1.54, 1.807) is 18.0 Å². The number of amides is 2. The van der Waals surface area contributed by atoms with E-state index in [1.165, 1.54) is 19.3 Å². The molecule has 3 fully saturated rings. The summed E-state index contributed by atoms with van der Waals surface area (Å²) < 4.78 is 5.43. The summed E-state index contributed by atoms with van der Waals surface area (Å²) in [5.74, 6) is 2.18. The Labute approximate surface area is 154 Å². The summed E-state index contributed by atoms with van der Waals surface area (Å²) in [5, 5.41) is 0. The second-order valence-electron chi connectivity index (χ2n) is 8.36. The SMILES string of the molecule is Cc1ncc(CC(=O)N(C)C2CCCN(C(=O)C3(C4CCC4)CC3)C2)o1. The lowest BCUT2D eigenvalue weighted by molar-refractivity contribution is -0.145. The normalized spacial score (nSPS) is 24.8. The Hall–Kier alpha value is -1.85. The Bertz CT molecular complexity index is 690. The lowest BCUT2D eigenvalue weighted by Gasteiger charge is -2.42. The molecule has 0 spiro atoms. The van der Waals surface area contributed by atoms with Crippen LogP contribution in [-0.2, 0) is 16.0 Å². The van der Waals surface area contributed by atoms with Crippen LogP contribution in [0, 0.1) is 18.3 Å². The van der Waals surface area contributed by atoms with Crippen LogP contribution in [0.4, 0.5) is 0 Å². The number of likely N-dealkylation sites (tertiary alicyclic amines) is 1. The van der Waals surface area contributed by atoms with E-state index >= 15 is 0 Å². The Morgan fingerprint density at radius 2 is 2.08 bits per heavy atom. The quantitative estimate of drug-likeness (QED) is 0.810. The molecule has 6 nitrogen and oxygen atoms in total. The van der Waals surface area contributed by atoms with E-state index in [0.29, 0.717) is 30.0 Å². The van der Waals surface area contributed by atoms with E-state index in [0.717, 1.165) is 32.2 Å². The lowest BCUT2D eigenvalue weighted by Crippen LogP contribution is -2.53. The van der Waals surface area contributed by atoms with Crippen molar-refractivity contribution in [2.75, 3.05) is 20.1 Å². The first-order valence-corrected chi connectivity index (χ1v) is 9.96. The molecule has 0 N–H and O–H groups in total.